The van der Waals surface area contributed by atoms with E-state index in [0.29, 0.717) is 5.41 Å². The second kappa shape index (κ2) is 5.30. The molecule has 1 nitrogen and oxygen atoms in total. The Morgan fingerprint density at radius 2 is 1.76 bits per heavy atom. The minimum absolute atomic E-state index is 0.620. The minimum Gasteiger partial charge on any atom is -0.313 e. The van der Waals surface area contributed by atoms with Crippen molar-refractivity contribution in [2.45, 2.75) is 72.3 Å². The van der Waals surface area contributed by atoms with Gasteiger partial charge in [0.1, 0.15) is 0 Å². The van der Waals surface area contributed by atoms with Gasteiger partial charge in [-0.05, 0) is 55.4 Å². The monoisotopic (exact) mass is 237 g/mol. The van der Waals surface area contributed by atoms with Crippen molar-refractivity contribution in [1.82, 2.24) is 5.32 Å². The van der Waals surface area contributed by atoms with Gasteiger partial charge in [-0.3, -0.25) is 0 Å². The van der Waals surface area contributed by atoms with Crippen molar-refractivity contribution in [3.63, 3.8) is 0 Å². The topological polar surface area (TPSA) is 12.0 Å². The Morgan fingerprint density at radius 3 is 2.24 bits per heavy atom. The average Bonchev–Trinajstić information content (AvgIpc) is 2.91. The lowest BCUT2D eigenvalue weighted by Gasteiger charge is -2.34. The largest absolute Gasteiger partial charge is 0.313 e. The normalized spacial score (nSPS) is 37.8. The fourth-order valence-corrected chi connectivity index (χ4v) is 3.71. The molecule has 0 radical (unpaired) electrons. The van der Waals surface area contributed by atoms with Gasteiger partial charge < -0.3 is 5.32 Å². The predicted molar refractivity (Wildman–Crippen MR) is 75.1 cm³/mol. The third kappa shape index (κ3) is 3.24. The second-order valence-electron chi connectivity index (χ2n) is 7.30. The van der Waals surface area contributed by atoms with Gasteiger partial charge in [-0.15, -0.1) is 0 Å². The van der Waals surface area contributed by atoms with Gasteiger partial charge in [0.2, 0.25) is 0 Å². The maximum Gasteiger partial charge on any atom is 0.0129 e. The van der Waals surface area contributed by atoms with Crippen molar-refractivity contribution < 1.29 is 0 Å². The molecule has 0 aromatic rings. The summed E-state index contributed by atoms with van der Waals surface area (Å²) in [5.41, 5.74) is 0.620. The molecule has 2 aliphatic rings. The lowest BCUT2D eigenvalue weighted by molar-refractivity contribution is 0.203. The molecule has 0 spiro atoms. The van der Waals surface area contributed by atoms with E-state index in [0.717, 1.165) is 23.8 Å². The standard InChI is InChI=1S/C16H31N/c1-5-10-17-15(14-11-16(14,3)4)13-8-6-12(2)7-9-13/h12-15,17H,5-11H2,1-4H3. The average molecular weight is 237 g/mol. The minimum atomic E-state index is 0.620. The van der Waals surface area contributed by atoms with Crippen molar-refractivity contribution in [2.24, 2.45) is 23.2 Å². The fraction of sp³-hybridized carbons (Fsp3) is 1.00. The summed E-state index contributed by atoms with van der Waals surface area (Å²) in [6.45, 7) is 10.8. The highest BCUT2D eigenvalue weighted by Crippen LogP contribution is 2.56. The van der Waals surface area contributed by atoms with Gasteiger partial charge in [0.05, 0.1) is 0 Å². The summed E-state index contributed by atoms with van der Waals surface area (Å²) in [4.78, 5) is 0. The van der Waals surface area contributed by atoms with Crippen LogP contribution in [0, 0.1) is 23.2 Å². The Balaban J connectivity index is 1.91. The molecular formula is C16H31N. The van der Waals surface area contributed by atoms with Crippen molar-refractivity contribution >= 4 is 0 Å². The van der Waals surface area contributed by atoms with Gasteiger partial charge >= 0.3 is 0 Å². The van der Waals surface area contributed by atoms with Crippen LogP contribution in [0.3, 0.4) is 0 Å². The van der Waals surface area contributed by atoms with Crippen LogP contribution < -0.4 is 5.32 Å². The summed E-state index contributed by atoms with van der Waals surface area (Å²) >= 11 is 0. The van der Waals surface area contributed by atoms with E-state index in [9.17, 15) is 0 Å². The molecule has 0 aromatic heterocycles. The molecule has 0 heterocycles. The van der Waals surface area contributed by atoms with E-state index in [2.05, 4.69) is 33.0 Å². The number of rotatable bonds is 5. The van der Waals surface area contributed by atoms with Crippen LogP contribution in [0.2, 0.25) is 0 Å². The van der Waals surface area contributed by atoms with Gasteiger partial charge in [0, 0.05) is 6.04 Å². The second-order valence-corrected chi connectivity index (χ2v) is 7.30. The quantitative estimate of drug-likeness (QED) is 0.754. The van der Waals surface area contributed by atoms with E-state index in [1.165, 1.54) is 45.1 Å². The molecule has 17 heavy (non-hydrogen) atoms. The Hall–Kier alpha value is -0.0400. The molecule has 1 heteroatoms. The summed E-state index contributed by atoms with van der Waals surface area (Å²) in [5.74, 6) is 2.89. The van der Waals surface area contributed by atoms with Crippen LogP contribution in [0.1, 0.15) is 66.2 Å². The lowest BCUT2D eigenvalue weighted by Crippen LogP contribution is -2.41. The lowest BCUT2D eigenvalue weighted by atomic mass is 9.77. The zero-order chi connectivity index (χ0) is 12.5. The van der Waals surface area contributed by atoms with Crippen molar-refractivity contribution in [2.75, 3.05) is 6.54 Å². The van der Waals surface area contributed by atoms with Gasteiger partial charge in [-0.2, -0.15) is 0 Å². The summed E-state index contributed by atoms with van der Waals surface area (Å²) in [5, 5.41) is 3.87. The van der Waals surface area contributed by atoms with Gasteiger partial charge in [-0.1, -0.05) is 40.5 Å². The molecule has 0 saturated heterocycles. The van der Waals surface area contributed by atoms with Gasteiger partial charge in [-0.25, -0.2) is 0 Å². The van der Waals surface area contributed by atoms with E-state index in [1.807, 2.05) is 0 Å². The molecule has 0 aliphatic heterocycles. The molecule has 0 amide bonds. The van der Waals surface area contributed by atoms with E-state index in [1.54, 1.807) is 0 Å². The first-order valence-electron chi connectivity index (χ1n) is 7.78. The van der Waals surface area contributed by atoms with Crippen LogP contribution in [0.5, 0.6) is 0 Å². The van der Waals surface area contributed by atoms with Crippen molar-refractivity contribution in [3.05, 3.63) is 0 Å². The molecule has 2 saturated carbocycles. The Morgan fingerprint density at radius 1 is 1.18 bits per heavy atom. The number of hydrogen-bond acceptors (Lipinski definition) is 1. The summed E-state index contributed by atoms with van der Waals surface area (Å²) in [7, 11) is 0. The zero-order valence-corrected chi connectivity index (χ0v) is 12.3. The SMILES string of the molecule is CCCNC(C1CCC(C)CC1)C1CC1(C)C. The van der Waals surface area contributed by atoms with Crippen LogP contribution in [0.25, 0.3) is 0 Å². The molecule has 2 atom stereocenters. The highest BCUT2D eigenvalue weighted by Gasteiger charge is 2.51. The third-order valence-electron chi connectivity index (χ3n) is 5.22. The first-order valence-corrected chi connectivity index (χ1v) is 7.78. The predicted octanol–water partition coefficient (Wildman–Crippen LogP) is 4.23. The zero-order valence-electron chi connectivity index (χ0n) is 12.3. The van der Waals surface area contributed by atoms with Crippen LogP contribution >= 0.6 is 0 Å². The summed E-state index contributed by atoms with van der Waals surface area (Å²) < 4.78 is 0. The van der Waals surface area contributed by atoms with Gasteiger partial charge in [0.15, 0.2) is 0 Å². The number of hydrogen-bond donors (Lipinski definition) is 1. The Bertz CT molecular complexity index is 238. The maximum absolute atomic E-state index is 3.87. The Kier molecular flexibility index (Phi) is 4.18. The Labute approximate surface area is 108 Å². The summed E-state index contributed by atoms with van der Waals surface area (Å²) in [6.07, 6.45) is 8.57. The van der Waals surface area contributed by atoms with Crippen LogP contribution in [-0.4, -0.2) is 12.6 Å². The van der Waals surface area contributed by atoms with Crippen LogP contribution in [0.15, 0.2) is 0 Å². The van der Waals surface area contributed by atoms with Crippen molar-refractivity contribution in [3.8, 4) is 0 Å². The fourth-order valence-electron chi connectivity index (χ4n) is 3.71. The highest BCUT2D eigenvalue weighted by atomic mass is 14.9. The van der Waals surface area contributed by atoms with E-state index >= 15 is 0 Å². The van der Waals surface area contributed by atoms with E-state index < -0.39 is 0 Å². The smallest absolute Gasteiger partial charge is 0.0129 e. The van der Waals surface area contributed by atoms with E-state index in [4.69, 9.17) is 0 Å². The third-order valence-corrected chi connectivity index (χ3v) is 5.22. The molecule has 2 rings (SSSR count). The van der Waals surface area contributed by atoms with Crippen molar-refractivity contribution in [1.29, 1.82) is 0 Å². The molecule has 2 unspecified atom stereocenters. The first kappa shape index (κ1) is 13.4. The molecule has 1 N–H and O–H groups in total. The van der Waals surface area contributed by atoms with Crippen LogP contribution in [0.4, 0.5) is 0 Å². The van der Waals surface area contributed by atoms with E-state index in [-0.39, 0.29) is 0 Å². The maximum atomic E-state index is 3.87. The molecule has 100 valence electrons. The number of nitrogens with one attached hydrogen (secondary N) is 1. The molecule has 0 aromatic carbocycles. The molecule has 0 bridgehead atoms. The summed E-state index contributed by atoms with van der Waals surface area (Å²) in [6, 6.07) is 0.817. The molecule has 2 aliphatic carbocycles. The van der Waals surface area contributed by atoms with Crippen LogP contribution in [-0.2, 0) is 0 Å². The molecule has 2 fully saturated rings. The first-order chi connectivity index (χ1) is 8.04. The van der Waals surface area contributed by atoms with Gasteiger partial charge in [0.25, 0.3) is 0 Å². The molecular weight excluding hydrogens is 206 g/mol. The highest BCUT2D eigenvalue weighted by molar-refractivity contribution is 5.04.